The van der Waals surface area contributed by atoms with Gasteiger partial charge in [-0.25, -0.2) is 4.98 Å². The summed E-state index contributed by atoms with van der Waals surface area (Å²) < 4.78 is 6.10. The van der Waals surface area contributed by atoms with Crippen molar-refractivity contribution in [2.24, 2.45) is 0 Å². The minimum Gasteiger partial charge on any atom is -0.369 e. The van der Waals surface area contributed by atoms with Gasteiger partial charge in [0.05, 0.1) is 6.10 Å². The minimum absolute atomic E-state index is 0.0275. The fourth-order valence-corrected chi connectivity index (χ4v) is 2.02. The van der Waals surface area contributed by atoms with Crippen molar-refractivity contribution in [1.82, 2.24) is 9.97 Å². The highest BCUT2D eigenvalue weighted by atomic mass is 79.9. The van der Waals surface area contributed by atoms with Gasteiger partial charge in [-0.2, -0.15) is 0 Å². The second kappa shape index (κ2) is 5.49. The number of anilines is 1. The number of hydrogen-bond acceptors (Lipinski definition) is 3. The van der Waals surface area contributed by atoms with Crippen LogP contribution >= 0.6 is 15.9 Å². The second-order valence-electron chi connectivity index (χ2n) is 4.14. The molecule has 0 fully saturated rings. The molecule has 0 aliphatic heterocycles. The number of fused-ring (bicyclic) bond motifs is 1. The molecule has 0 bridgehead atoms. The number of ether oxygens (including phenoxy) is 1. The number of rotatable bonds is 4. The van der Waals surface area contributed by atoms with E-state index in [1.54, 1.807) is 12.3 Å². The van der Waals surface area contributed by atoms with Gasteiger partial charge < -0.3 is 15.0 Å². The van der Waals surface area contributed by atoms with Gasteiger partial charge in [0, 0.05) is 16.1 Å². The number of nitrogens with zero attached hydrogens (tertiary/aromatic N) is 1. The summed E-state index contributed by atoms with van der Waals surface area (Å²) in [5, 5.41) is 3.67. The molecule has 0 saturated heterocycles. The fraction of sp³-hybridized carbons (Fsp3) is 0.333. The largest absolute Gasteiger partial charge is 0.369 e. The Bertz CT molecular complexity index is 565. The normalized spacial score (nSPS) is 11.1. The molecule has 2 heterocycles. The van der Waals surface area contributed by atoms with Crippen molar-refractivity contribution in [3.8, 4) is 0 Å². The summed E-state index contributed by atoms with van der Waals surface area (Å²) in [4.78, 5) is 18.9. The molecule has 96 valence electrons. The van der Waals surface area contributed by atoms with Crippen molar-refractivity contribution in [3.05, 3.63) is 22.8 Å². The summed E-state index contributed by atoms with van der Waals surface area (Å²) in [6.07, 6.45) is 1.83. The van der Waals surface area contributed by atoms with Crippen LogP contribution < -0.4 is 5.32 Å². The van der Waals surface area contributed by atoms with Gasteiger partial charge in [0.25, 0.3) is 5.91 Å². The first-order valence-corrected chi connectivity index (χ1v) is 6.40. The van der Waals surface area contributed by atoms with E-state index in [1.807, 2.05) is 19.9 Å². The van der Waals surface area contributed by atoms with Crippen LogP contribution in [-0.4, -0.2) is 28.6 Å². The van der Waals surface area contributed by atoms with E-state index in [1.165, 1.54) is 0 Å². The van der Waals surface area contributed by atoms with Crippen LogP contribution in [0.1, 0.15) is 13.8 Å². The molecule has 2 aromatic rings. The number of pyridine rings is 1. The van der Waals surface area contributed by atoms with Crippen molar-refractivity contribution in [1.29, 1.82) is 0 Å². The smallest absolute Gasteiger partial charge is 0.251 e. The number of carbonyl (C=O) groups excluding carboxylic acids is 1. The molecule has 0 saturated carbocycles. The Labute approximate surface area is 113 Å². The SMILES string of the molecule is CC(C)OCC(=O)Nc1cc(Br)c2cc[nH]c2n1. The van der Waals surface area contributed by atoms with E-state index in [9.17, 15) is 4.79 Å². The summed E-state index contributed by atoms with van der Waals surface area (Å²) >= 11 is 3.44. The van der Waals surface area contributed by atoms with Crippen LogP contribution in [0.15, 0.2) is 22.8 Å². The van der Waals surface area contributed by atoms with Crippen LogP contribution in [0, 0.1) is 0 Å². The van der Waals surface area contributed by atoms with Crippen molar-refractivity contribution in [2.75, 3.05) is 11.9 Å². The third-order valence-corrected chi connectivity index (χ3v) is 2.95. The van der Waals surface area contributed by atoms with E-state index in [4.69, 9.17) is 4.74 Å². The average Bonchev–Trinajstić information content (AvgIpc) is 2.75. The summed E-state index contributed by atoms with van der Waals surface area (Å²) in [5.41, 5.74) is 0.726. The number of amides is 1. The zero-order valence-corrected chi connectivity index (χ0v) is 11.7. The summed E-state index contributed by atoms with van der Waals surface area (Å²) in [6.45, 7) is 3.79. The standard InChI is InChI=1S/C12H14BrN3O2/c1-7(2)18-6-11(17)15-10-5-9(13)8-3-4-14-12(8)16-10/h3-5,7H,6H2,1-2H3,(H2,14,15,16,17). The second-order valence-corrected chi connectivity index (χ2v) is 4.99. The van der Waals surface area contributed by atoms with E-state index in [0.717, 1.165) is 15.5 Å². The van der Waals surface area contributed by atoms with Gasteiger partial charge in [-0.05, 0) is 41.9 Å². The van der Waals surface area contributed by atoms with Crippen LogP contribution in [0.5, 0.6) is 0 Å². The van der Waals surface area contributed by atoms with E-state index in [2.05, 4.69) is 31.2 Å². The zero-order valence-electron chi connectivity index (χ0n) is 10.2. The van der Waals surface area contributed by atoms with Gasteiger partial charge in [-0.1, -0.05) is 0 Å². The summed E-state index contributed by atoms with van der Waals surface area (Å²) in [5.74, 6) is 0.281. The third-order valence-electron chi connectivity index (χ3n) is 2.29. The zero-order chi connectivity index (χ0) is 13.1. The van der Waals surface area contributed by atoms with Crippen molar-refractivity contribution in [3.63, 3.8) is 0 Å². The monoisotopic (exact) mass is 311 g/mol. The van der Waals surface area contributed by atoms with E-state index in [0.29, 0.717) is 5.82 Å². The molecule has 6 heteroatoms. The lowest BCUT2D eigenvalue weighted by Crippen LogP contribution is -2.21. The molecule has 0 spiro atoms. The molecule has 1 amide bonds. The first-order valence-electron chi connectivity index (χ1n) is 5.61. The molecule has 2 N–H and O–H groups in total. The number of nitrogens with one attached hydrogen (secondary N) is 2. The molecule has 2 rings (SSSR count). The summed E-state index contributed by atoms with van der Waals surface area (Å²) in [7, 11) is 0. The predicted molar refractivity (Wildman–Crippen MR) is 73.5 cm³/mol. The molecule has 0 aliphatic carbocycles. The highest BCUT2D eigenvalue weighted by molar-refractivity contribution is 9.10. The number of aromatic amines is 1. The maximum atomic E-state index is 11.6. The first kappa shape index (κ1) is 13.0. The van der Waals surface area contributed by atoms with Crippen LogP contribution in [0.25, 0.3) is 11.0 Å². The topological polar surface area (TPSA) is 67.0 Å². The number of H-pyrrole nitrogens is 1. The Kier molecular flexibility index (Phi) is 3.98. The number of aromatic nitrogens is 2. The van der Waals surface area contributed by atoms with Gasteiger partial charge in [0.15, 0.2) is 0 Å². The molecular formula is C12H14BrN3O2. The molecule has 0 aliphatic rings. The maximum Gasteiger partial charge on any atom is 0.251 e. The Morgan fingerprint density at radius 2 is 2.39 bits per heavy atom. The molecule has 0 radical (unpaired) electrons. The average molecular weight is 312 g/mol. The summed E-state index contributed by atoms with van der Waals surface area (Å²) in [6, 6.07) is 3.68. The van der Waals surface area contributed by atoms with Gasteiger partial charge >= 0.3 is 0 Å². The third kappa shape index (κ3) is 3.08. The maximum absolute atomic E-state index is 11.6. The quantitative estimate of drug-likeness (QED) is 0.912. The van der Waals surface area contributed by atoms with E-state index < -0.39 is 0 Å². The molecule has 18 heavy (non-hydrogen) atoms. The molecule has 0 aromatic carbocycles. The lowest BCUT2D eigenvalue weighted by molar-refractivity contribution is -0.121. The number of carbonyl (C=O) groups is 1. The van der Waals surface area contributed by atoms with Crippen molar-refractivity contribution in [2.45, 2.75) is 20.0 Å². The molecular weight excluding hydrogens is 298 g/mol. The molecule has 0 unspecified atom stereocenters. The van der Waals surface area contributed by atoms with Crippen LogP contribution in [-0.2, 0) is 9.53 Å². The van der Waals surface area contributed by atoms with Crippen LogP contribution in [0.4, 0.5) is 5.82 Å². The lowest BCUT2D eigenvalue weighted by atomic mass is 10.3. The van der Waals surface area contributed by atoms with Gasteiger partial charge in [-0.15, -0.1) is 0 Å². The molecule has 5 nitrogen and oxygen atoms in total. The predicted octanol–water partition coefficient (Wildman–Crippen LogP) is 2.69. The number of halogens is 1. The van der Waals surface area contributed by atoms with E-state index in [-0.39, 0.29) is 18.6 Å². The molecule has 2 aromatic heterocycles. The van der Waals surface area contributed by atoms with Gasteiger partial charge in [0.2, 0.25) is 0 Å². The van der Waals surface area contributed by atoms with E-state index >= 15 is 0 Å². The Morgan fingerprint density at radius 1 is 1.61 bits per heavy atom. The first-order chi connectivity index (χ1) is 8.56. The molecule has 0 atom stereocenters. The Balaban J connectivity index is 2.09. The van der Waals surface area contributed by atoms with Gasteiger partial charge in [0.1, 0.15) is 18.1 Å². The van der Waals surface area contributed by atoms with Crippen molar-refractivity contribution >= 4 is 38.7 Å². The number of hydrogen-bond donors (Lipinski definition) is 2. The van der Waals surface area contributed by atoms with Crippen molar-refractivity contribution < 1.29 is 9.53 Å². The highest BCUT2D eigenvalue weighted by Crippen LogP contribution is 2.24. The van der Waals surface area contributed by atoms with Crippen LogP contribution in [0.3, 0.4) is 0 Å². The van der Waals surface area contributed by atoms with Crippen LogP contribution in [0.2, 0.25) is 0 Å². The van der Waals surface area contributed by atoms with Gasteiger partial charge in [-0.3, -0.25) is 4.79 Å². The fourth-order valence-electron chi connectivity index (χ4n) is 1.48. The minimum atomic E-state index is -0.214. The lowest BCUT2D eigenvalue weighted by Gasteiger charge is -2.08. The highest BCUT2D eigenvalue weighted by Gasteiger charge is 2.08. The Hall–Kier alpha value is -1.40. The Morgan fingerprint density at radius 3 is 3.11 bits per heavy atom.